The molecular weight excluding hydrogens is 298 g/mol. The number of aromatic amines is 1. The number of aromatic carboxylic acids is 1. The first kappa shape index (κ1) is 15.3. The van der Waals surface area contributed by atoms with Crippen molar-refractivity contribution in [2.24, 2.45) is 0 Å². The van der Waals surface area contributed by atoms with Crippen LogP contribution in [0.3, 0.4) is 0 Å². The summed E-state index contributed by atoms with van der Waals surface area (Å²) in [5, 5.41) is 8.86. The molecular formula is C12H15N3O5S. The SMILES string of the molecule is CCc1ncc(S(=O)(=O)NCc2cc(C(=O)O)c(C)o2)[nH]1. The largest absolute Gasteiger partial charge is 0.478 e. The van der Waals surface area contributed by atoms with Gasteiger partial charge in [-0.2, -0.15) is 0 Å². The van der Waals surface area contributed by atoms with Gasteiger partial charge in [-0.15, -0.1) is 0 Å². The third kappa shape index (κ3) is 3.31. The average molecular weight is 313 g/mol. The fourth-order valence-corrected chi connectivity index (χ4v) is 2.68. The Kier molecular flexibility index (Phi) is 4.14. The van der Waals surface area contributed by atoms with Gasteiger partial charge in [0.1, 0.15) is 22.9 Å². The molecule has 0 amide bonds. The summed E-state index contributed by atoms with van der Waals surface area (Å²) in [6.07, 6.45) is 1.83. The summed E-state index contributed by atoms with van der Waals surface area (Å²) in [5.74, 6) is -0.0980. The predicted octanol–water partition coefficient (Wildman–Crippen LogP) is 1.05. The lowest BCUT2D eigenvalue weighted by atomic mass is 10.2. The van der Waals surface area contributed by atoms with E-state index in [-0.39, 0.29) is 28.7 Å². The minimum Gasteiger partial charge on any atom is -0.478 e. The van der Waals surface area contributed by atoms with E-state index in [2.05, 4.69) is 14.7 Å². The van der Waals surface area contributed by atoms with E-state index < -0.39 is 16.0 Å². The van der Waals surface area contributed by atoms with Gasteiger partial charge in [0.05, 0.1) is 12.7 Å². The number of furan rings is 1. The molecule has 0 saturated carbocycles. The number of hydrogen-bond acceptors (Lipinski definition) is 5. The zero-order chi connectivity index (χ0) is 15.6. The van der Waals surface area contributed by atoms with E-state index in [0.29, 0.717) is 12.2 Å². The van der Waals surface area contributed by atoms with Crippen LogP contribution in [-0.4, -0.2) is 29.5 Å². The van der Waals surface area contributed by atoms with E-state index in [9.17, 15) is 13.2 Å². The van der Waals surface area contributed by atoms with E-state index in [1.54, 1.807) is 0 Å². The average Bonchev–Trinajstić information content (AvgIpc) is 3.03. The summed E-state index contributed by atoms with van der Waals surface area (Å²) in [6, 6.07) is 1.30. The molecule has 0 saturated heterocycles. The molecule has 0 unspecified atom stereocenters. The van der Waals surface area contributed by atoms with Gasteiger partial charge in [-0.05, 0) is 13.0 Å². The van der Waals surface area contributed by atoms with Crippen LogP contribution in [0.1, 0.15) is 34.6 Å². The van der Waals surface area contributed by atoms with E-state index in [4.69, 9.17) is 9.52 Å². The lowest BCUT2D eigenvalue weighted by Gasteiger charge is -2.02. The van der Waals surface area contributed by atoms with Crippen LogP contribution in [0.2, 0.25) is 0 Å². The summed E-state index contributed by atoms with van der Waals surface area (Å²) in [5.41, 5.74) is 0.0130. The lowest BCUT2D eigenvalue weighted by Crippen LogP contribution is -2.23. The maximum Gasteiger partial charge on any atom is 0.339 e. The normalized spacial score (nSPS) is 11.7. The summed E-state index contributed by atoms with van der Waals surface area (Å²) < 4.78 is 31.6. The van der Waals surface area contributed by atoms with Gasteiger partial charge in [-0.3, -0.25) is 0 Å². The molecule has 0 bridgehead atoms. The molecule has 0 aliphatic heterocycles. The highest BCUT2D eigenvalue weighted by molar-refractivity contribution is 7.89. The smallest absolute Gasteiger partial charge is 0.339 e. The van der Waals surface area contributed by atoms with Gasteiger partial charge in [0.25, 0.3) is 10.0 Å². The van der Waals surface area contributed by atoms with Crippen LogP contribution in [0.4, 0.5) is 0 Å². The molecule has 2 heterocycles. The Morgan fingerprint density at radius 2 is 2.24 bits per heavy atom. The van der Waals surface area contributed by atoms with Gasteiger partial charge >= 0.3 is 5.97 Å². The quantitative estimate of drug-likeness (QED) is 0.732. The molecule has 0 aliphatic rings. The van der Waals surface area contributed by atoms with Crippen LogP contribution in [0, 0.1) is 6.92 Å². The van der Waals surface area contributed by atoms with Crippen LogP contribution in [0.15, 0.2) is 21.7 Å². The van der Waals surface area contributed by atoms with Crippen molar-refractivity contribution < 1.29 is 22.7 Å². The fraction of sp³-hybridized carbons (Fsp3) is 0.333. The molecule has 8 nitrogen and oxygen atoms in total. The van der Waals surface area contributed by atoms with Crippen LogP contribution in [0.25, 0.3) is 0 Å². The van der Waals surface area contributed by atoms with Gasteiger partial charge < -0.3 is 14.5 Å². The van der Waals surface area contributed by atoms with Crippen molar-refractivity contribution in [2.45, 2.75) is 31.8 Å². The Bertz CT molecular complexity index is 760. The number of sulfonamides is 1. The number of H-pyrrole nitrogens is 1. The van der Waals surface area contributed by atoms with Crippen molar-refractivity contribution in [1.29, 1.82) is 0 Å². The van der Waals surface area contributed by atoms with E-state index in [0.717, 1.165) is 0 Å². The molecule has 21 heavy (non-hydrogen) atoms. The Morgan fingerprint density at radius 3 is 2.76 bits per heavy atom. The number of nitrogens with one attached hydrogen (secondary N) is 2. The molecule has 0 aromatic carbocycles. The standard InChI is InChI=1S/C12H15N3O5S/c1-3-10-13-6-11(15-10)21(18,19)14-5-8-4-9(12(16)17)7(2)20-8/h4,6,14H,3,5H2,1-2H3,(H,13,15)(H,16,17). The second-order valence-corrected chi connectivity index (χ2v) is 6.10. The van der Waals surface area contributed by atoms with Crippen molar-refractivity contribution in [2.75, 3.05) is 0 Å². The van der Waals surface area contributed by atoms with Crippen LogP contribution < -0.4 is 4.72 Å². The second kappa shape index (κ2) is 5.70. The maximum atomic E-state index is 12.0. The van der Waals surface area contributed by atoms with Crippen molar-refractivity contribution in [1.82, 2.24) is 14.7 Å². The highest BCUT2D eigenvalue weighted by atomic mass is 32.2. The molecule has 2 aromatic rings. The second-order valence-electron chi connectivity index (χ2n) is 4.36. The van der Waals surface area contributed by atoms with Crippen LogP contribution in [-0.2, 0) is 23.0 Å². The minimum atomic E-state index is -3.75. The molecule has 2 rings (SSSR count). The molecule has 0 atom stereocenters. The summed E-state index contributed by atoms with van der Waals surface area (Å²) in [7, 11) is -3.75. The monoisotopic (exact) mass is 313 g/mol. The highest BCUT2D eigenvalue weighted by Gasteiger charge is 2.19. The zero-order valence-electron chi connectivity index (χ0n) is 11.5. The minimum absolute atomic E-state index is 0.0130. The lowest BCUT2D eigenvalue weighted by molar-refractivity contribution is 0.0695. The first-order valence-electron chi connectivity index (χ1n) is 6.19. The molecule has 3 N–H and O–H groups in total. The molecule has 0 spiro atoms. The first-order valence-corrected chi connectivity index (χ1v) is 7.68. The van der Waals surface area contributed by atoms with Crippen molar-refractivity contribution in [3.8, 4) is 0 Å². The number of carbonyl (C=O) groups is 1. The van der Waals surface area contributed by atoms with Crippen molar-refractivity contribution in [3.05, 3.63) is 35.2 Å². The number of carboxylic acids is 1. The van der Waals surface area contributed by atoms with Crippen molar-refractivity contribution in [3.63, 3.8) is 0 Å². The Labute approximate surface area is 121 Å². The zero-order valence-corrected chi connectivity index (χ0v) is 12.3. The van der Waals surface area contributed by atoms with Gasteiger partial charge in [0.2, 0.25) is 0 Å². The number of imidazole rings is 1. The molecule has 9 heteroatoms. The van der Waals surface area contributed by atoms with E-state index in [1.165, 1.54) is 19.2 Å². The number of nitrogens with zero attached hydrogens (tertiary/aromatic N) is 1. The number of aromatic nitrogens is 2. The van der Waals surface area contributed by atoms with Crippen LogP contribution in [0.5, 0.6) is 0 Å². The first-order chi connectivity index (χ1) is 9.83. The summed E-state index contributed by atoms with van der Waals surface area (Å²) in [6.45, 7) is 3.21. The van der Waals surface area contributed by atoms with Crippen molar-refractivity contribution >= 4 is 16.0 Å². The number of hydrogen-bond donors (Lipinski definition) is 3. The molecule has 0 aliphatic carbocycles. The maximum absolute atomic E-state index is 12.0. The molecule has 0 radical (unpaired) electrons. The topological polar surface area (TPSA) is 125 Å². The van der Waals surface area contributed by atoms with Gasteiger partial charge in [0.15, 0.2) is 5.03 Å². The number of carboxylic acid groups (broad SMARTS) is 1. The van der Waals surface area contributed by atoms with Gasteiger partial charge in [-0.1, -0.05) is 6.92 Å². The Morgan fingerprint density at radius 1 is 1.52 bits per heavy atom. The third-order valence-electron chi connectivity index (χ3n) is 2.87. The Hall–Kier alpha value is -2.13. The van der Waals surface area contributed by atoms with E-state index in [1.807, 2.05) is 6.92 Å². The summed E-state index contributed by atoms with van der Waals surface area (Å²) in [4.78, 5) is 17.5. The Balaban J connectivity index is 2.11. The summed E-state index contributed by atoms with van der Waals surface area (Å²) >= 11 is 0. The van der Waals surface area contributed by atoms with Gasteiger partial charge in [0, 0.05) is 6.42 Å². The predicted molar refractivity (Wildman–Crippen MR) is 72.4 cm³/mol. The molecule has 114 valence electrons. The number of rotatable bonds is 6. The molecule has 2 aromatic heterocycles. The van der Waals surface area contributed by atoms with Crippen LogP contribution >= 0.6 is 0 Å². The highest BCUT2D eigenvalue weighted by Crippen LogP contribution is 2.15. The van der Waals surface area contributed by atoms with E-state index >= 15 is 0 Å². The fourth-order valence-electron chi connectivity index (χ4n) is 1.75. The third-order valence-corrected chi connectivity index (χ3v) is 4.18. The van der Waals surface area contributed by atoms with Gasteiger partial charge in [-0.25, -0.2) is 22.9 Å². The number of aryl methyl sites for hydroxylation is 2. The molecule has 0 fully saturated rings.